The molecule has 0 atom stereocenters. The van der Waals surface area contributed by atoms with Gasteiger partial charge in [0.25, 0.3) is 5.91 Å². The first-order chi connectivity index (χ1) is 13.0. The van der Waals surface area contributed by atoms with E-state index < -0.39 is 15.6 Å². The highest BCUT2D eigenvalue weighted by atomic mass is 35.5. The molecule has 8 heteroatoms. The summed E-state index contributed by atoms with van der Waals surface area (Å²) in [6, 6.07) is 11.8. The Hall–Kier alpha value is -2.09. The zero-order valence-corrected chi connectivity index (χ0v) is 17.9. The second kappa shape index (κ2) is 8.94. The smallest absolute Gasteiger partial charge is 0.251 e. The lowest BCUT2D eigenvalue weighted by molar-refractivity contribution is 0.0954. The third-order valence-corrected chi connectivity index (χ3v) is 6.02. The summed E-state index contributed by atoms with van der Waals surface area (Å²) in [7, 11) is -2.24. The zero-order valence-electron chi connectivity index (χ0n) is 16.4. The molecular weight excluding hydrogens is 400 g/mol. The molecule has 0 saturated heterocycles. The van der Waals surface area contributed by atoms with Crippen molar-refractivity contribution in [3.63, 3.8) is 0 Å². The van der Waals surface area contributed by atoms with Crippen molar-refractivity contribution in [2.24, 2.45) is 0 Å². The van der Waals surface area contributed by atoms with E-state index in [9.17, 15) is 13.2 Å². The van der Waals surface area contributed by atoms with Gasteiger partial charge in [0, 0.05) is 17.6 Å². The van der Waals surface area contributed by atoms with Gasteiger partial charge in [-0.15, -0.1) is 0 Å². The SMILES string of the molecule is COc1ccc(CCNC(=O)c2ccc(Cl)c(S(=O)(=O)NC(C)(C)C)c2)cc1. The summed E-state index contributed by atoms with van der Waals surface area (Å²) in [5.74, 6) is 0.406. The largest absolute Gasteiger partial charge is 0.497 e. The minimum atomic E-state index is -3.85. The van der Waals surface area contributed by atoms with Crippen LogP contribution in [0.4, 0.5) is 0 Å². The molecule has 1 amide bonds. The predicted octanol–water partition coefficient (Wildman–Crippen LogP) is 3.40. The molecule has 6 nitrogen and oxygen atoms in total. The van der Waals surface area contributed by atoms with Gasteiger partial charge in [0.2, 0.25) is 10.0 Å². The molecule has 0 heterocycles. The molecule has 0 saturated carbocycles. The molecule has 0 spiro atoms. The number of amides is 1. The predicted molar refractivity (Wildman–Crippen MR) is 111 cm³/mol. The molecule has 28 heavy (non-hydrogen) atoms. The number of halogens is 1. The third kappa shape index (κ3) is 6.22. The Morgan fingerprint density at radius 3 is 2.32 bits per heavy atom. The fraction of sp³-hybridized carbons (Fsp3) is 0.350. The summed E-state index contributed by atoms with van der Waals surface area (Å²) in [4.78, 5) is 12.3. The molecule has 0 aliphatic carbocycles. The van der Waals surface area contributed by atoms with Gasteiger partial charge in [0.15, 0.2) is 0 Å². The van der Waals surface area contributed by atoms with Crippen LogP contribution in [0.25, 0.3) is 0 Å². The second-order valence-corrected chi connectivity index (χ2v) is 9.41. The highest BCUT2D eigenvalue weighted by Crippen LogP contribution is 2.24. The van der Waals surface area contributed by atoms with Crippen LogP contribution in [-0.4, -0.2) is 33.5 Å². The van der Waals surface area contributed by atoms with E-state index in [1.807, 2.05) is 24.3 Å². The van der Waals surface area contributed by atoms with Crippen LogP contribution in [0.1, 0.15) is 36.7 Å². The van der Waals surface area contributed by atoms with E-state index in [2.05, 4.69) is 10.0 Å². The number of rotatable bonds is 7. The summed E-state index contributed by atoms with van der Waals surface area (Å²) in [6.45, 7) is 5.60. The Morgan fingerprint density at radius 2 is 1.75 bits per heavy atom. The number of nitrogens with one attached hydrogen (secondary N) is 2. The topological polar surface area (TPSA) is 84.5 Å². The normalized spacial score (nSPS) is 11.9. The van der Waals surface area contributed by atoms with Crippen LogP contribution >= 0.6 is 11.6 Å². The summed E-state index contributed by atoms with van der Waals surface area (Å²) >= 11 is 6.06. The molecule has 0 bridgehead atoms. The van der Waals surface area contributed by atoms with Gasteiger partial charge in [-0.05, 0) is 63.1 Å². The molecule has 0 fully saturated rings. The number of hydrogen-bond donors (Lipinski definition) is 2. The van der Waals surface area contributed by atoms with Crippen LogP contribution in [0.5, 0.6) is 5.75 Å². The van der Waals surface area contributed by atoms with Crippen molar-refractivity contribution in [2.45, 2.75) is 37.6 Å². The molecule has 2 rings (SSSR count). The molecule has 152 valence electrons. The van der Waals surface area contributed by atoms with E-state index in [0.717, 1.165) is 11.3 Å². The van der Waals surface area contributed by atoms with Gasteiger partial charge < -0.3 is 10.1 Å². The number of methoxy groups -OCH3 is 1. The number of ether oxygens (including phenoxy) is 1. The zero-order chi connectivity index (χ0) is 20.9. The fourth-order valence-electron chi connectivity index (χ4n) is 2.52. The van der Waals surface area contributed by atoms with Crippen LogP contribution in [-0.2, 0) is 16.4 Å². The quantitative estimate of drug-likeness (QED) is 0.713. The van der Waals surface area contributed by atoms with Crippen molar-refractivity contribution in [1.82, 2.24) is 10.0 Å². The van der Waals surface area contributed by atoms with Crippen molar-refractivity contribution < 1.29 is 17.9 Å². The second-order valence-electron chi connectivity index (χ2n) is 7.35. The van der Waals surface area contributed by atoms with E-state index >= 15 is 0 Å². The van der Waals surface area contributed by atoms with Gasteiger partial charge in [-0.2, -0.15) is 0 Å². The van der Waals surface area contributed by atoms with Crippen LogP contribution in [0.2, 0.25) is 5.02 Å². The average Bonchev–Trinajstić information content (AvgIpc) is 2.60. The van der Waals surface area contributed by atoms with Crippen LogP contribution in [0, 0.1) is 0 Å². The highest BCUT2D eigenvalue weighted by molar-refractivity contribution is 7.89. The molecule has 0 unspecified atom stereocenters. The van der Waals surface area contributed by atoms with Gasteiger partial charge in [-0.1, -0.05) is 23.7 Å². The lowest BCUT2D eigenvalue weighted by atomic mass is 10.1. The number of carbonyl (C=O) groups excluding carboxylic acids is 1. The molecule has 0 aliphatic heterocycles. The summed E-state index contributed by atoms with van der Waals surface area (Å²) in [5.41, 5.74) is 0.613. The Bertz CT molecular complexity index is 936. The van der Waals surface area contributed by atoms with E-state index in [-0.39, 0.29) is 21.4 Å². The first-order valence-corrected chi connectivity index (χ1v) is 10.6. The van der Waals surface area contributed by atoms with Crippen molar-refractivity contribution in [2.75, 3.05) is 13.7 Å². The lowest BCUT2D eigenvalue weighted by Crippen LogP contribution is -2.40. The van der Waals surface area contributed by atoms with E-state index in [4.69, 9.17) is 16.3 Å². The minimum Gasteiger partial charge on any atom is -0.497 e. The van der Waals surface area contributed by atoms with Crippen molar-refractivity contribution in [1.29, 1.82) is 0 Å². The van der Waals surface area contributed by atoms with Gasteiger partial charge in [-0.3, -0.25) is 4.79 Å². The number of carbonyl (C=O) groups is 1. The third-order valence-electron chi connectivity index (χ3n) is 3.78. The average molecular weight is 425 g/mol. The standard InChI is InChI=1S/C20H25ClN2O4S/c1-20(2,3)23-28(25,26)18-13-15(7-10-17(18)21)19(24)22-12-11-14-5-8-16(27-4)9-6-14/h5-10,13,23H,11-12H2,1-4H3,(H,22,24). The molecule has 0 radical (unpaired) electrons. The van der Waals surface area contributed by atoms with Crippen LogP contribution in [0.15, 0.2) is 47.4 Å². The van der Waals surface area contributed by atoms with Gasteiger partial charge in [0.05, 0.1) is 12.1 Å². The minimum absolute atomic E-state index is 0.0616. The Morgan fingerprint density at radius 1 is 1.11 bits per heavy atom. The Labute approximate surface area is 171 Å². The Kier molecular flexibility index (Phi) is 7.09. The molecule has 2 N–H and O–H groups in total. The number of hydrogen-bond acceptors (Lipinski definition) is 4. The molecular formula is C20H25ClN2O4S. The molecule has 0 aromatic heterocycles. The van der Waals surface area contributed by atoms with E-state index in [0.29, 0.717) is 13.0 Å². The highest BCUT2D eigenvalue weighted by Gasteiger charge is 2.25. The van der Waals surface area contributed by atoms with Gasteiger partial charge in [0.1, 0.15) is 10.6 Å². The number of sulfonamides is 1. The maximum absolute atomic E-state index is 12.6. The van der Waals surface area contributed by atoms with Crippen LogP contribution in [0.3, 0.4) is 0 Å². The maximum Gasteiger partial charge on any atom is 0.251 e. The maximum atomic E-state index is 12.6. The van der Waals surface area contributed by atoms with Crippen LogP contribution < -0.4 is 14.8 Å². The fourth-order valence-corrected chi connectivity index (χ4v) is 4.47. The summed E-state index contributed by atoms with van der Waals surface area (Å²) in [6.07, 6.45) is 0.639. The van der Waals surface area contributed by atoms with E-state index in [1.165, 1.54) is 18.2 Å². The monoisotopic (exact) mass is 424 g/mol. The van der Waals surface area contributed by atoms with Crippen molar-refractivity contribution in [3.8, 4) is 5.75 Å². The molecule has 0 aliphatic rings. The first kappa shape index (κ1) is 22.2. The first-order valence-electron chi connectivity index (χ1n) is 8.76. The molecule has 2 aromatic rings. The summed E-state index contributed by atoms with van der Waals surface area (Å²) < 4.78 is 32.8. The summed E-state index contributed by atoms with van der Waals surface area (Å²) in [5, 5.41) is 2.86. The lowest BCUT2D eigenvalue weighted by Gasteiger charge is -2.21. The van der Waals surface area contributed by atoms with Gasteiger partial charge in [-0.25, -0.2) is 13.1 Å². The van der Waals surface area contributed by atoms with Crippen molar-refractivity contribution >= 4 is 27.5 Å². The Balaban J connectivity index is 2.07. The molecule has 2 aromatic carbocycles. The van der Waals surface area contributed by atoms with Crippen molar-refractivity contribution in [3.05, 3.63) is 58.6 Å². The van der Waals surface area contributed by atoms with E-state index in [1.54, 1.807) is 27.9 Å². The van der Waals surface area contributed by atoms with Gasteiger partial charge >= 0.3 is 0 Å². The number of benzene rings is 2.